The molecule has 2 aromatic rings. The van der Waals surface area contributed by atoms with Crippen LogP contribution in [0.1, 0.15) is 27.8 Å². The van der Waals surface area contributed by atoms with Crippen LogP contribution in [0.2, 0.25) is 0 Å². The monoisotopic (exact) mass is 419 g/mol. The van der Waals surface area contributed by atoms with Crippen LogP contribution in [0.25, 0.3) is 10.2 Å². The topological polar surface area (TPSA) is 81.2 Å². The number of nitrogens with zero attached hydrogens (tertiary/aromatic N) is 3. The van der Waals surface area contributed by atoms with Crippen molar-refractivity contribution in [3.05, 3.63) is 28.8 Å². The average molecular weight is 420 g/mol. The van der Waals surface area contributed by atoms with E-state index in [1.54, 1.807) is 18.2 Å². The van der Waals surface area contributed by atoms with Gasteiger partial charge in [-0.15, -0.1) is 11.3 Å². The molecule has 0 N–H and O–H groups in total. The van der Waals surface area contributed by atoms with Crippen LogP contribution in [0, 0.1) is 0 Å². The fraction of sp³-hybridized carbons (Fsp3) is 0.550. The summed E-state index contributed by atoms with van der Waals surface area (Å²) >= 11 is 1.40. The highest BCUT2D eigenvalue weighted by atomic mass is 32.1. The van der Waals surface area contributed by atoms with Crippen LogP contribution in [-0.4, -0.2) is 86.3 Å². The van der Waals surface area contributed by atoms with E-state index < -0.39 is 0 Å². The van der Waals surface area contributed by atoms with Crippen molar-refractivity contribution in [2.24, 2.45) is 0 Å². The third-order valence-electron chi connectivity index (χ3n) is 5.26. The van der Waals surface area contributed by atoms with Crippen LogP contribution in [0.4, 0.5) is 0 Å². The zero-order valence-electron chi connectivity index (χ0n) is 16.5. The number of methoxy groups -OCH3 is 1. The van der Waals surface area contributed by atoms with Gasteiger partial charge in [0, 0.05) is 43.9 Å². The lowest BCUT2D eigenvalue weighted by molar-refractivity contribution is -0.139. The summed E-state index contributed by atoms with van der Waals surface area (Å²) in [4.78, 5) is 35.3. The van der Waals surface area contributed by atoms with E-state index >= 15 is 0 Å². The highest BCUT2D eigenvalue weighted by Crippen LogP contribution is 2.38. The summed E-state index contributed by atoms with van der Waals surface area (Å²) in [5.41, 5.74) is 0.846. The largest absolute Gasteiger partial charge is 0.384 e. The van der Waals surface area contributed by atoms with Crippen LogP contribution < -0.4 is 0 Å². The first kappa shape index (κ1) is 20.2. The minimum Gasteiger partial charge on any atom is -0.384 e. The molecule has 0 aromatic carbocycles. The second-order valence-electron chi connectivity index (χ2n) is 7.05. The number of carbonyl (C=O) groups is 2. The van der Waals surface area contributed by atoms with Gasteiger partial charge in [-0.1, -0.05) is 6.07 Å². The number of ether oxygens (including phenoxy) is 3. The third-order valence-corrected chi connectivity index (χ3v) is 6.38. The zero-order valence-corrected chi connectivity index (χ0v) is 17.3. The molecule has 2 aromatic heterocycles. The van der Waals surface area contributed by atoms with E-state index in [1.807, 2.05) is 17.0 Å². The molecule has 29 heavy (non-hydrogen) atoms. The Balaban J connectivity index is 1.64. The number of carbonyl (C=O) groups excluding carboxylic acids is 2. The van der Waals surface area contributed by atoms with Crippen LogP contribution in [0.3, 0.4) is 0 Å². The summed E-state index contributed by atoms with van der Waals surface area (Å²) < 4.78 is 16.5. The summed E-state index contributed by atoms with van der Waals surface area (Å²) in [5.74, 6) is 0.0246. The number of hydrogen-bond acceptors (Lipinski definition) is 7. The minimum atomic E-state index is -0.354. The van der Waals surface area contributed by atoms with Crippen molar-refractivity contribution < 1.29 is 23.8 Å². The van der Waals surface area contributed by atoms with Gasteiger partial charge in [0.15, 0.2) is 0 Å². The van der Waals surface area contributed by atoms with E-state index in [9.17, 15) is 9.59 Å². The molecule has 2 aliphatic heterocycles. The van der Waals surface area contributed by atoms with Crippen LogP contribution >= 0.6 is 11.3 Å². The van der Waals surface area contributed by atoms with Gasteiger partial charge < -0.3 is 24.0 Å². The number of rotatable bonds is 5. The number of hydrogen-bond donors (Lipinski definition) is 0. The van der Waals surface area contributed by atoms with Crippen molar-refractivity contribution in [3.8, 4) is 0 Å². The molecule has 0 aliphatic carbocycles. The Morgan fingerprint density at radius 1 is 1.24 bits per heavy atom. The molecule has 0 saturated carbocycles. The van der Waals surface area contributed by atoms with Crippen LogP contribution in [0.5, 0.6) is 0 Å². The average Bonchev–Trinajstić information content (AvgIpc) is 3.17. The smallest absolute Gasteiger partial charge is 0.264 e. The molecule has 2 amide bonds. The van der Waals surface area contributed by atoms with Gasteiger partial charge in [0.25, 0.3) is 5.91 Å². The van der Waals surface area contributed by atoms with Gasteiger partial charge in [0.05, 0.1) is 39.4 Å². The number of pyridine rings is 1. The molecule has 0 bridgehead atoms. The van der Waals surface area contributed by atoms with Crippen molar-refractivity contribution in [3.63, 3.8) is 0 Å². The van der Waals surface area contributed by atoms with Crippen molar-refractivity contribution in [1.29, 1.82) is 0 Å². The number of fused-ring (bicyclic) bond motifs is 1. The quantitative estimate of drug-likeness (QED) is 0.734. The van der Waals surface area contributed by atoms with Gasteiger partial charge in [-0.2, -0.15) is 0 Å². The summed E-state index contributed by atoms with van der Waals surface area (Å²) in [6, 6.07) is 3.84. The normalized spacial score (nSPS) is 20.2. The van der Waals surface area contributed by atoms with Gasteiger partial charge in [0.2, 0.25) is 5.91 Å². The summed E-state index contributed by atoms with van der Waals surface area (Å²) in [6.07, 6.45) is 1.72. The van der Waals surface area contributed by atoms with Crippen molar-refractivity contribution >= 4 is 33.4 Å². The van der Waals surface area contributed by atoms with Gasteiger partial charge in [-0.3, -0.25) is 9.59 Å². The predicted molar refractivity (Wildman–Crippen MR) is 108 cm³/mol. The Morgan fingerprint density at radius 3 is 2.83 bits per heavy atom. The molecular weight excluding hydrogens is 394 g/mol. The first-order valence-electron chi connectivity index (χ1n) is 9.81. The maximum Gasteiger partial charge on any atom is 0.264 e. The number of aromatic nitrogens is 1. The van der Waals surface area contributed by atoms with Crippen molar-refractivity contribution in [2.75, 3.05) is 59.7 Å². The summed E-state index contributed by atoms with van der Waals surface area (Å²) in [6.45, 7) is 4.05. The van der Waals surface area contributed by atoms with E-state index in [1.165, 1.54) is 11.3 Å². The Labute approximate surface area is 173 Å². The first-order valence-corrected chi connectivity index (χ1v) is 10.6. The minimum absolute atomic E-state index is 0.0160. The standard InChI is InChI=1S/C20H25N3O5S/c1-26-9-4-16(24)23-8-12-28-15(13-23)17-14-3-2-5-21-19(14)29-18(17)20(25)22-6-10-27-11-7-22/h2-3,5,15H,4,6-13H2,1H3/t15-/m1/s1. The molecule has 0 unspecified atom stereocenters. The SMILES string of the molecule is COCCC(=O)N1CCO[C@@H](c2c(C(=O)N3CCOCC3)sc3ncccc23)C1. The lowest BCUT2D eigenvalue weighted by Gasteiger charge is -2.34. The molecule has 0 radical (unpaired) electrons. The molecule has 2 fully saturated rings. The van der Waals surface area contributed by atoms with E-state index in [0.717, 1.165) is 15.8 Å². The second-order valence-corrected chi connectivity index (χ2v) is 8.05. The fourth-order valence-corrected chi connectivity index (χ4v) is 4.90. The Kier molecular flexibility index (Phi) is 6.39. The molecule has 4 rings (SSSR count). The molecule has 4 heterocycles. The highest BCUT2D eigenvalue weighted by Gasteiger charge is 2.33. The lowest BCUT2D eigenvalue weighted by Crippen LogP contribution is -2.43. The zero-order chi connectivity index (χ0) is 20.2. The van der Waals surface area contributed by atoms with E-state index in [-0.39, 0.29) is 17.9 Å². The summed E-state index contributed by atoms with van der Waals surface area (Å²) in [5, 5.41) is 0.922. The second kappa shape index (κ2) is 9.17. The predicted octanol–water partition coefficient (Wildman–Crippen LogP) is 1.71. The molecule has 9 heteroatoms. The van der Waals surface area contributed by atoms with Crippen molar-refractivity contribution in [1.82, 2.24) is 14.8 Å². The van der Waals surface area contributed by atoms with E-state index in [4.69, 9.17) is 14.2 Å². The lowest BCUT2D eigenvalue weighted by atomic mass is 10.0. The van der Waals surface area contributed by atoms with E-state index in [2.05, 4.69) is 4.98 Å². The van der Waals surface area contributed by atoms with Crippen molar-refractivity contribution in [2.45, 2.75) is 12.5 Å². The Hall–Kier alpha value is -2.07. The number of amides is 2. The highest BCUT2D eigenvalue weighted by molar-refractivity contribution is 7.20. The molecule has 2 saturated heterocycles. The first-order chi connectivity index (χ1) is 14.2. The number of thiophene rings is 1. The van der Waals surface area contributed by atoms with Gasteiger partial charge >= 0.3 is 0 Å². The maximum atomic E-state index is 13.3. The van der Waals surface area contributed by atoms with Crippen LogP contribution in [-0.2, 0) is 19.0 Å². The molecule has 1 atom stereocenters. The van der Waals surface area contributed by atoms with Crippen LogP contribution in [0.15, 0.2) is 18.3 Å². The summed E-state index contributed by atoms with van der Waals surface area (Å²) in [7, 11) is 1.59. The Bertz CT molecular complexity index is 880. The number of morpholine rings is 2. The van der Waals surface area contributed by atoms with Gasteiger partial charge in [-0.05, 0) is 6.07 Å². The third kappa shape index (κ3) is 4.28. The molecule has 8 nitrogen and oxygen atoms in total. The molecule has 0 spiro atoms. The molecule has 156 valence electrons. The molecule has 2 aliphatic rings. The Morgan fingerprint density at radius 2 is 2.03 bits per heavy atom. The van der Waals surface area contributed by atoms with Gasteiger partial charge in [0.1, 0.15) is 15.8 Å². The van der Waals surface area contributed by atoms with E-state index in [0.29, 0.717) is 63.9 Å². The van der Waals surface area contributed by atoms with Gasteiger partial charge in [-0.25, -0.2) is 4.98 Å². The fourth-order valence-electron chi connectivity index (χ4n) is 3.74. The molecular formula is C20H25N3O5S. The maximum absolute atomic E-state index is 13.3.